The van der Waals surface area contributed by atoms with Gasteiger partial charge in [-0.05, 0) is 49.9 Å². The van der Waals surface area contributed by atoms with Crippen molar-refractivity contribution in [2.75, 3.05) is 13.7 Å². The minimum Gasteiger partial charge on any atom is -0.497 e. The van der Waals surface area contributed by atoms with Crippen molar-refractivity contribution in [2.45, 2.75) is 57.6 Å². The lowest BCUT2D eigenvalue weighted by Gasteiger charge is -2.42. The summed E-state index contributed by atoms with van der Waals surface area (Å²) in [6.07, 6.45) is 5.84. The Balaban J connectivity index is 2.29. The third kappa shape index (κ3) is 2.99. The number of aryl methyl sites for hydroxylation is 1. The summed E-state index contributed by atoms with van der Waals surface area (Å²) in [5, 5.41) is 0. The monoisotopic (exact) mass is 277 g/mol. The quantitative estimate of drug-likeness (QED) is 0.891. The van der Waals surface area contributed by atoms with Crippen LogP contribution in [0.15, 0.2) is 18.2 Å². The topological polar surface area (TPSA) is 44.5 Å². The fourth-order valence-electron chi connectivity index (χ4n) is 3.39. The Bertz CT molecular complexity index is 433. The molecular weight excluding hydrogens is 250 g/mol. The fraction of sp³-hybridized carbons (Fsp3) is 0.647. The lowest BCUT2D eigenvalue weighted by Crippen LogP contribution is -2.45. The molecular formula is C17H27NO2. The largest absolute Gasteiger partial charge is 0.497 e. The van der Waals surface area contributed by atoms with E-state index in [0.29, 0.717) is 0 Å². The highest BCUT2D eigenvalue weighted by molar-refractivity contribution is 5.37. The number of ether oxygens (including phenoxy) is 2. The molecule has 1 aromatic carbocycles. The molecule has 1 aromatic rings. The Morgan fingerprint density at radius 2 is 1.95 bits per heavy atom. The molecule has 0 bridgehead atoms. The molecule has 0 radical (unpaired) electrons. The van der Waals surface area contributed by atoms with E-state index in [2.05, 4.69) is 26.0 Å². The first kappa shape index (κ1) is 15.3. The van der Waals surface area contributed by atoms with Gasteiger partial charge in [-0.2, -0.15) is 0 Å². The molecule has 0 spiro atoms. The SMILES string of the molecule is CCOC1(C(N)c2ccc(OC)cc2C)CCCCC1. The molecule has 1 atom stereocenters. The van der Waals surface area contributed by atoms with Crippen molar-refractivity contribution in [1.29, 1.82) is 0 Å². The van der Waals surface area contributed by atoms with E-state index in [1.807, 2.05) is 6.07 Å². The second-order valence-corrected chi connectivity index (χ2v) is 5.76. The second-order valence-electron chi connectivity index (χ2n) is 5.76. The zero-order chi connectivity index (χ0) is 14.6. The number of nitrogens with two attached hydrogens (primary N) is 1. The Morgan fingerprint density at radius 3 is 2.50 bits per heavy atom. The van der Waals surface area contributed by atoms with Crippen molar-refractivity contribution >= 4 is 0 Å². The van der Waals surface area contributed by atoms with E-state index in [0.717, 1.165) is 25.2 Å². The molecule has 3 heteroatoms. The van der Waals surface area contributed by atoms with Crippen LogP contribution in [-0.2, 0) is 4.74 Å². The van der Waals surface area contributed by atoms with Gasteiger partial charge in [0.2, 0.25) is 0 Å². The smallest absolute Gasteiger partial charge is 0.119 e. The predicted octanol–water partition coefficient (Wildman–Crippen LogP) is 3.74. The standard InChI is InChI=1S/C17H27NO2/c1-4-20-17(10-6-5-7-11-17)16(18)15-9-8-14(19-3)12-13(15)2/h8-9,12,16H,4-7,10-11,18H2,1-3H3. The van der Waals surface area contributed by atoms with E-state index in [1.165, 1.54) is 30.4 Å². The summed E-state index contributed by atoms with van der Waals surface area (Å²) in [7, 11) is 1.69. The first-order valence-corrected chi connectivity index (χ1v) is 7.67. The minimum absolute atomic E-state index is 0.0614. The summed E-state index contributed by atoms with van der Waals surface area (Å²) < 4.78 is 11.4. The fourth-order valence-corrected chi connectivity index (χ4v) is 3.39. The van der Waals surface area contributed by atoms with E-state index in [-0.39, 0.29) is 11.6 Å². The van der Waals surface area contributed by atoms with Crippen LogP contribution < -0.4 is 10.5 Å². The molecule has 3 nitrogen and oxygen atoms in total. The number of benzene rings is 1. The number of hydrogen-bond donors (Lipinski definition) is 1. The average Bonchev–Trinajstić information content (AvgIpc) is 2.47. The molecule has 0 saturated heterocycles. The highest BCUT2D eigenvalue weighted by Gasteiger charge is 2.39. The molecule has 0 amide bonds. The summed E-state index contributed by atoms with van der Waals surface area (Å²) in [5.74, 6) is 0.882. The molecule has 0 heterocycles. The van der Waals surface area contributed by atoms with Crippen LogP contribution in [0.4, 0.5) is 0 Å². The third-order valence-electron chi connectivity index (χ3n) is 4.51. The molecule has 2 N–H and O–H groups in total. The first-order chi connectivity index (χ1) is 9.63. The van der Waals surface area contributed by atoms with Crippen LogP contribution in [0.3, 0.4) is 0 Å². The minimum atomic E-state index is -0.188. The number of hydrogen-bond acceptors (Lipinski definition) is 3. The third-order valence-corrected chi connectivity index (χ3v) is 4.51. The summed E-state index contributed by atoms with van der Waals surface area (Å²) >= 11 is 0. The summed E-state index contributed by atoms with van der Waals surface area (Å²) in [5.41, 5.74) is 8.79. The van der Waals surface area contributed by atoms with Crippen molar-refractivity contribution < 1.29 is 9.47 Å². The highest BCUT2D eigenvalue weighted by Crippen LogP contribution is 2.41. The zero-order valence-electron chi connectivity index (χ0n) is 12.9. The van der Waals surface area contributed by atoms with Gasteiger partial charge in [0.15, 0.2) is 0 Å². The highest BCUT2D eigenvalue weighted by atomic mass is 16.5. The average molecular weight is 277 g/mol. The Labute approximate surface area is 122 Å². The van der Waals surface area contributed by atoms with Crippen LogP contribution in [0.2, 0.25) is 0 Å². The maximum absolute atomic E-state index is 6.62. The molecule has 2 rings (SSSR count). The second kappa shape index (κ2) is 6.59. The van der Waals surface area contributed by atoms with Crippen molar-refractivity contribution in [3.63, 3.8) is 0 Å². The molecule has 1 aliphatic rings. The molecule has 1 fully saturated rings. The van der Waals surface area contributed by atoms with Crippen LogP contribution in [0.1, 0.15) is 56.2 Å². The molecule has 20 heavy (non-hydrogen) atoms. The van der Waals surface area contributed by atoms with Gasteiger partial charge in [0, 0.05) is 6.61 Å². The number of methoxy groups -OCH3 is 1. The predicted molar refractivity (Wildman–Crippen MR) is 82.1 cm³/mol. The van der Waals surface area contributed by atoms with Gasteiger partial charge in [0.1, 0.15) is 5.75 Å². The molecule has 1 aliphatic carbocycles. The van der Waals surface area contributed by atoms with Gasteiger partial charge in [-0.1, -0.05) is 25.3 Å². The van der Waals surface area contributed by atoms with Gasteiger partial charge in [0.25, 0.3) is 0 Å². The first-order valence-electron chi connectivity index (χ1n) is 7.67. The van der Waals surface area contributed by atoms with Crippen LogP contribution in [0, 0.1) is 6.92 Å². The van der Waals surface area contributed by atoms with Gasteiger partial charge >= 0.3 is 0 Å². The van der Waals surface area contributed by atoms with Crippen molar-refractivity contribution in [2.24, 2.45) is 5.73 Å². The molecule has 112 valence electrons. The van der Waals surface area contributed by atoms with Crippen molar-refractivity contribution in [3.05, 3.63) is 29.3 Å². The zero-order valence-corrected chi connectivity index (χ0v) is 12.9. The van der Waals surface area contributed by atoms with Crippen LogP contribution >= 0.6 is 0 Å². The van der Waals surface area contributed by atoms with Crippen LogP contribution in [-0.4, -0.2) is 19.3 Å². The molecule has 1 unspecified atom stereocenters. The van der Waals surface area contributed by atoms with E-state index >= 15 is 0 Å². The Morgan fingerprint density at radius 1 is 1.25 bits per heavy atom. The molecule has 1 saturated carbocycles. The van der Waals surface area contributed by atoms with Gasteiger partial charge in [-0.15, -0.1) is 0 Å². The van der Waals surface area contributed by atoms with Crippen molar-refractivity contribution in [3.8, 4) is 5.75 Å². The van der Waals surface area contributed by atoms with Gasteiger partial charge < -0.3 is 15.2 Å². The van der Waals surface area contributed by atoms with Gasteiger partial charge in [0.05, 0.1) is 18.8 Å². The van der Waals surface area contributed by atoms with Crippen molar-refractivity contribution in [1.82, 2.24) is 0 Å². The Kier molecular flexibility index (Phi) is 5.06. The summed E-state index contributed by atoms with van der Waals surface area (Å²) in [4.78, 5) is 0. The van der Waals surface area contributed by atoms with Gasteiger partial charge in [-0.25, -0.2) is 0 Å². The van der Waals surface area contributed by atoms with E-state index in [9.17, 15) is 0 Å². The summed E-state index contributed by atoms with van der Waals surface area (Å²) in [6.45, 7) is 4.88. The molecule has 0 aliphatic heterocycles. The maximum Gasteiger partial charge on any atom is 0.119 e. The van der Waals surface area contributed by atoms with E-state index in [1.54, 1.807) is 7.11 Å². The molecule has 0 aromatic heterocycles. The lowest BCUT2D eigenvalue weighted by atomic mass is 9.76. The van der Waals surface area contributed by atoms with Crippen LogP contribution in [0.25, 0.3) is 0 Å². The van der Waals surface area contributed by atoms with E-state index in [4.69, 9.17) is 15.2 Å². The Hall–Kier alpha value is -1.06. The van der Waals surface area contributed by atoms with Crippen LogP contribution in [0.5, 0.6) is 5.75 Å². The van der Waals surface area contributed by atoms with E-state index < -0.39 is 0 Å². The lowest BCUT2D eigenvalue weighted by molar-refractivity contribution is -0.0832. The number of rotatable bonds is 5. The normalized spacial score (nSPS) is 19.6. The van der Waals surface area contributed by atoms with Gasteiger partial charge in [-0.3, -0.25) is 0 Å². The maximum atomic E-state index is 6.62. The summed E-state index contributed by atoms with van der Waals surface area (Å²) in [6, 6.07) is 6.07.